The molecule has 2 heterocycles. The predicted molar refractivity (Wildman–Crippen MR) is 113 cm³/mol. The maximum absolute atomic E-state index is 12.4. The number of carbonyl (C=O) groups is 1. The second-order valence-electron chi connectivity index (χ2n) is 6.58. The number of carbonyl (C=O) groups excluding carboxylic acids is 1. The molecule has 0 bridgehead atoms. The van der Waals surface area contributed by atoms with E-state index in [0.29, 0.717) is 17.9 Å². The zero-order valence-electron chi connectivity index (χ0n) is 16.2. The lowest BCUT2D eigenvalue weighted by molar-refractivity contribution is 0.0951. The van der Waals surface area contributed by atoms with E-state index in [2.05, 4.69) is 20.3 Å². The number of nitrogens with one attached hydrogen (secondary N) is 1. The summed E-state index contributed by atoms with van der Waals surface area (Å²) >= 11 is 1.56. The molecule has 0 radical (unpaired) electrons. The van der Waals surface area contributed by atoms with Gasteiger partial charge in [-0.05, 0) is 36.2 Å². The van der Waals surface area contributed by atoms with Crippen LogP contribution in [0.4, 0.5) is 5.82 Å². The first kappa shape index (κ1) is 19.8. The van der Waals surface area contributed by atoms with Gasteiger partial charge >= 0.3 is 0 Å². The van der Waals surface area contributed by atoms with Crippen molar-refractivity contribution in [3.8, 4) is 0 Å². The minimum atomic E-state index is -0.0996. The Bertz CT molecular complexity index is 947. The van der Waals surface area contributed by atoms with E-state index in [1.54, 1.807) is 24.2 Å². The van der Waals surface area contributed by atoms with Crippen LogP contribution in [0.15, 0.2) is 60.0 Å². The summed E-state index contributed by atoms with van der Waals surface area (Å²) in [6, 6.07) is 13.4. The van der Waals surface area contributed by atoms with Crippen LogP contribution in [0, 0.1) is 6.92 Å². The van der Waals surface area contributed by atoms with Gasteiger partial charge in [0.15, 0.2) is 5.16 Å². The molecule has 0 fully saturated rings. The number of hydrogen-bond donors (Lipinski definition) is 1. The molecule has 0 saturated carbocycles. The van der Waals surface area contributed by atoms with Crippen LogP contribution in [-0.2, 0) is 12.3 Å². The molecule has 1 aromatic carbocycles. The standard InChI is InChI=1S/C21H23N5OS/c1-15-10-19(26(2)3)25-21(24-15)28-14-16-6-4-8-18(11-16)20(27)23-13-17-7-5-9-22-12-17/h4-12H,13-14H2,1-3H3,(H,23,27). The Morgan fingerprint density at radius 1 is 1.11 bits per heavy atom. The van der Waals surface area contributed by atoms with Crippen LogP contribution in [0.3, 0.4) is 0 Å². The summed E-state index contributed by atoms with van der Waals surface area (Å²) in [4.78, 5) is 27.5. The summed E-state index contributed by atoms with van der Waals surface area (Å²) in [6.07, 6.45) is 3.46. The number of amides is 1. The summed E-state index contributed by atoms with van der Waals surface area (Å²) in [5, 5.41) is 3.66. The average Bonchev–Trinajstić information content (AvgIpc) is 2.71. The number of hydrogen-bond acceptors (Lipinski definition) is 6. The molecule has 6 nitrogen and oxygen atoms in total. The van der Waals surface area contributed by atoms with E-state index >= 15 is 0 Å². The molecule has 0 aliphatic rings. The molecule has 7 heteroatoms. The average molecular weight is 394 g/mol. The third kappa shape index (κ3) is 5.53. The Balaban J connectivity index is 1.62. The van der Waals surface area contributed by atoms with Crippen molar-refractivity contribution in [2.24, 2.45) is 0 Å². The van der Waals surface area contributed by atoms with Crippen LogP contribution in [0.1, 0.15) is 27.2 Å². The molecule has 0 unspecified atom stereocenters. The maximum atomic E-state index is 12.4. The van der Waals surface area contributed by atoms with Gasteiger partial charge in [0.1, 0.15) is 5.82 Å². The minimum Gasteiger partial charge on any atom is -0.363 e. The number of benzene rings is 1. The molecule has 144 valence electrons. The third-order valence-electron chi connectivity index (χ3n) is 4.01. The molecule has 0 aliphatic heterocycles. The Hall–Kier alpha value is -2.93. The molecule has 0 atom stereocenters. The highest BCUT2D eigenvalue weighted by Gasteiger charge is 2.08. The van der Waals surface area contributed by atoms with Crippen LogP contribution in [-0.4, -0.2) is 35.0 Å². The topological polar surface area (TPSA) is 71.0 Å². The lowest BCUT2D eigenvalue weighted by Gasteiger charge is -2.13. The number of rotatable bonds is 7. The smallest absolute Gasteiger partial charge is 0.251 e. The van der Waals surface area contributed by atoms with Gasteiger partial charge in [-0.1, -0.05) is 30.0 Å². The molecule has 28 heavy (non-hydrogen) atoms. The second-order valence-corrected chi connectivity index (χ2v) is 7.52. The van der Waals surface area contributed by atoms with Crippen molar-refractivity contribution in [3.05, 3.63) is 77.2 Å². The van der Waals surface area contributed by atoms with Crippen molar-refractivity contribution in [2.45, 2.75) is 24.4 Å². The lowest BCUT2D eigenvalue weighted by atomic mass is 10.1. The predicted octanol–water partition coefficient (Wildman–Crippen LogP) is 3.47. The SMILES string of the molecule is Cc1cc(N(C)C)nc(SCc2cccc(C(=O)NCc3cccnc3)c2)n1. The number of thioether (sulfide) groups is 1. The van der Waals surface area contributed by atoms with Crippen LogP contribution >= 0.6 is 11.8 Å². The van der Waals surface area contributed by atoms with E-state index in [1.165, 1.54) is 0 Å². The van der Waals surface area contributed by atoms with E-state index in [1.807, 2.05) is 68.4 Å². The summed E-state index contributed by atoms with van der Waals surface area (Å²) in [5.41, 5.74) is 3.59. The number of pyridine rings is 1. The van der Waals surface area contributed by atoms with Crippen molar-refractivity contribution in [2.75, 3.05) is 19.0 Å². The summed E-state index contributed by atoms with van der Waals surface area (Å²) in [6.45, 7) is 2.42. The summed E-state index contributed by atoms with van der Waals surface area (Å²) in [5.74, 6) is 1.48. The van der Waals surface area contributed by atoms with Crippen molar-refractivity contribution in [1.29, 1.82) is 0 Å². The normalized spacial score (nSPS) is 10.5. The van der Waals surface area contributed by atoms with E-state index in [4.69, 9.17) is 0 Å². The molecule has 0 aliphatic carbocycles. The first-order valence-corrected chi connectivity index (χ1v) is 9.91. The Morgan fingerprint density at radius 2 is 1.93 bits per heavy atom. The zero-order chi connectivity index (χ0) is 19.9. The fourth-order valence-corrected chi connectivity index (χ4v) is 3.40. The molecular formula is C21H23N5OS. The van der Waals surface area contributed by atoms with Crippen molar-refractivity contribution >= 4 is 23.5 Å². The molecule has 1 N–H and O–H groups in total. The fraction of sp³-hybridized carbons (Fsp3) is 0.238. The van der Waals surface area contributed by atoms with Crippen molar-refractivity contribution < 1.29 is 4.79 Å². The monoisotopic (exact) mass is 393 g/mol. The quantitative estimate of drug-likeness (QED) is 0.490. The number of aryl methyl sites for hydroxylation is 1. The fourth-order valence-electron chi connectivity index (χ4n) is 2.56. The molecular weight excluding hydrogens is 370 g/mol. The number of nitrogens with zero attached hydrogens (tertiary/aromatic N) is 4. The van der Waals surface area contributed by atoms with Crippen molar-refractivity contribution in [3.63, 3.8) is 0 Å². The minimum absolute atomic E-state index is 0.0996. The van der Waals surface area contributed by atoms with E-state index in [0.717, 1.165) is 27.8 Å². The van der Waals surface area contributed by atoms with E-state index in [-0.39, 0.29) is 5.91 Å². The van der Waals surface area contributed by atoms with Crippen LogP contribution in [0.2, 0.25) is 0 Å². The summed E-state index contributed by atoms with van der Waals surface area (Å²) < 4.78 is 0. The Morgan fingerprint density at radius 3 is 2.68 bits per heavy atom. The first-order chi connectivity index (χ1) is 13.5. The third-order valence-corrected chi connectivity index (χ3v) is 4.93. The van der Waals surface area contributed by atoms with Gasteiger partial charge in [0.05, 0.1) is 0 Å². The van der Waals surface area contributed by atoms with Gasteiger partial charge in [-0.25, -0.2) is 9.97 Å². The van der Waals surface area contributed by atoms with Gasteiger partial charge in [-0.3, -0.25) is 9.78 Å². The van der Waals surface area contributed by atoms with Gasteiger partial charge in [0.2, 0.25) is 0 Å². The zero-order valence-corrected chi connectivity index (χ0v) is 17.0. The largest absolute Gasteiger partial charge is 0.363 e. The highest BCUT2D eigenvalue weighted by Crippen LogP contribution is 2.22. The first-order valence-electron chi connectivity index (χ1n) is 8.93. The Kier molecular flexibility index (Phi) is 6.60. The van der Waals surface area contributed by atoms with Gasteiger partial charge in [0, 0.05) is 56.1 Å². The van der Waals surface area contributed by atoms with Gasteiger partial charge in [0.25, 0.3) is 5.91 Å². The molecule has 0 spiro atoms. The molecule has 1 amide bonds. The maximum Gasteiger partial charge on any atom is 0.251 e. The molecule has 3 rings (SSSR count). The number of aromatic nitrogens is 3. The van der Waals surface area contributed by atoms with E-state index < -0.39 is 0 Å². The van der Waals surface area contributed by atoms with Crippen molar-refractivity contribution in [1.82, 2.24) is 20.3 Å². The van der Waals surface area contributed by atoms with E-state index in [9.17, 15) is 4.79 Å². The molecule has 2 aromatic heterocycles. The number of anilines is 1. The molecule has 0 saturated heterocycles. The highest BCUT2D eigenvalue weighted by atomic mass is 32.2. The van der Waals surface area contributed by atoms with Gasteiger partial charge in [-0.15, -0.1) is 0 Å². The van der Waals surface area contributed by atoms with Crippen LogP contribution < -0.4 is 10.2 Å². The van der Waals surface area contributed by atoms with Crippen LogP contribution in [0.25, 0.3) is 0 Å². The second kappa shape index (κ2) is 9.32. The van der Waals surface area contributed by atoms with Crippen LogP contribution in [0.5, 0.6) is 0 Å². The summed E-state index contributed by atoms with van der Waals surface area (Å²) in [7, 11) is 3.92. The Labute approximate surface area is 169 Å². The van der Waals surface area contributed by atoms with Gasteiger partial charge in [-0.2, -0.15) is 0 Å². The lowest BCUT2D eigenvalue weighted by Crippen LogP contribution is -2.22. The molecule has 3 aromatic rings. The highest BCUT2D eigenvalue weighted by molar-refractivity contribution is 7.98. The van der Waals surface area contributed by atoms with Gasteiger partial charge < -0.3 is 10.2 Å².